The number of ether oxygens (including phenoxy) is 1. The Labute approximate surface area is 121 Å². The van der Waals surface area contributed by atoms with Crippen molar-refractivity contribution in [2.45, 2.75) is 12.1 Å². The van der Waals surface area contributed by atoms with Crippen molar-refractivity contribution in [2.75, 3.05) is 13.2 Å². The zero-order valence-electron chi connectivity index (χ0n) is 11.7. The van der Waals surface area contributed by atoms with Gasteiger partial charge in [-0.05, 0) is 5.56 Å². The van der Waals surface area contributed by atoms with Crippen LogP contribution < -0.4 is 11.0 Å². The second-order valence-corrected chi connectivity index (χ2v) is 5.17. The van der Waals surface area contributed by atoms with Gasteiger partial charge in [0, 0.05) is 7.05 Å². The highest BCUT2D eigenvalue weighted by atomic mass is 16.5. The van der Waals surface area contributed by atoms with Crippen LogP contribution in [-0.4, -0.2) is 33.5 Å². The third-order valence-corrected chi connectivity index (χ3v) is 3.58. The van der Waals surface area contributed by atoms with E-state index >= 15 is 0 Å². The molecule has 0 radical (unpaired) electrons. The van der Waals surface area contributed by atoms with Crippen molar-refractivity contribution in [1.82, 2.24) is 19.7 Å². The average Bonchev–Trinajstić information content (AvgIpc) is 2.76. The lowest BCUT2D eigenvalue weighted by molar-refractivity contribution is -0.134. The Balaban J connectivity index is 1.74. The lowest BCUT2D eigenvalue weighted by Gasteiger charge is -2.42. The van der Waals surface area contributed by atoms with E-state index in [0.717, 1.165) is 10.2 Å². The molecule has 1 aromatic heterocycles. The summed E-state index contributed by atoms with van der Waals surface area (Å²) in [6.07, 6.45) is 1.38. The van der Waals surface area contributed by atoms with Crippen LogP contribution in [0.1, 0.15) is 5.56 Å². The molecule has 1 aromatic carbocycles. The van der Waals surface area contributed by atoms with Gasteiger partial charge >= 0.3 is 5.69 Å². The number of aromatic nitrogens is 3. The molecular weight excluding hydrogens is 272 g/mol. The highest BCUT2D eigenvalue weighted by molar-refractivity contribution is 5.77. The first kappa shape index (κ1) is 13.6. The summed E-state index contributed by atoms with van der Waals surface area (Å²) >= 11 is 0. The minimum Gasteiger partial charge on any atom is -0.376 e. The molecule has 7 heteroatoms. The van der Waals surface area contributed by atoms with Gasteiger partial charge in [-0.3, -0.25) is 9.36 Å². The fraction of sp³-hybridized carbons (Fsp3) is 0.357. The van der Waals surface area contributed by atoms with Gasteiger partial charge in [-0.2, -0.15) is 5.10 Å². The van der Waals surface area contributed by atoms with E-state index in [4.69, 9.17) is 4.74 Å². The smallest absolute Gasteiger partial charge is 0.345 e. The van der Waals surface area contributed by atoms with E-state index < -0.39 is 5.54 Å². The molecule has 0 bridgehead atoms. The van der Waals surface area contributed by atoms with Crippen molar-refractivity contribution in [2.24, 2.45) is 7.05 Å². The molecule has 0 saturated carbocycles. The lowest BCUT2D eigenvalue weighted by atomic mass is 9.88. The molecule has 0 spiro atoms. The number of aryl methyl sites for hydroxylation is 1. The summed E-state index contributed by atoms with van der Waals surface area (Å²) < 4.78 is 7.73. The van der Waals surface area contributed by atoms with Gasteiger partial charge in [0.05, 0.1) is 13.2 Å². The van der Waals surface area contributed by atoms with E-state index in [1.54, 1.807) is 7.05 Å². The van der Waals surface area contributed by atoms with Gasteiger partial charge in [0.1, 0.15) is 18.4 Å². The summed E-state index contributed by atoms with van der Waals surface area (Å²) in [5, 5.41) is 6.84. The van der Waals surface area contributed by atoms with Crippen LogP contribution in [-0.2, 0) is 28.7 Å². The molecule has 0 unspecified atom stereocenters. The molecule has 110 valence electrons. The summed E-state index contributed by atoms with van der Waals surface area (Å²) in [6.45, 7) is 0.758. The van der Waals surface area contributed by atoms with Gasteiger partial charge in [-0.1, -0.05) is 30.3 Å². The number of carbonyl (C=O) groups is 1. The van der Waals surface area contributed by atoms with Crippen LogP contribution in [0.4, 0.5) is 0 Å². The quantitative estimate of drug-likeness (QED) is 0.832. The molecule has 2 aromatic rings. The maximum atomic E-state index is 12.2. The van der Waals surface area contributed by atoms with Gasteiger partial charge in [-0.15, -0.1) is 0 Å². The van der Waals surface area contributed by atoms with Crippen molar-refractivity contribution in [3.8, 4) is 0 Å². The van der Waals surface area contributed by atoms with Gasteiger partial charge in [0.15, 0.2) is 0 Å². The Morgan fingerprint density at radius 3 is 2.62 bits per heavy atom. The standard InChI is InChI=1S/C14H16N4O3/c1-17-10-15-18(13(17)20)7-12(19)16-14(8-21-9-14)11-5-3-2-4-6-11/h2-6,10H,7-9H2,1H3,(H,16,19). The molecule has 3 rings (SSSR count). The molecule has 1 amide bonds. The van der Waals surface area contributed by atoms with Crippen molar-refractivity contribution >= 4 is 5.91 Å². The fourth-order valence-corrected chi connectivity index (χ4v) is 2.35. The van der Waals surface area contributed by atoms with Crippen LogP contribution in [0.3, 0.4) is 0 Å². The number of carbonyl (C=O) groups excluding carboxylic acids is 1. The average molecular weight is 288 g/mol. The minimum atomic E-state index is -0.503. The molecule has 1 aliphatic heterocycles. The van der Waals surface area contributed by atoms with Crippen molar-refractivity contribution < 1.29 is 9.53 Å². The van der Waals surface area contributed by atoms with Crippen LogP contribution in [0.5, 0.6) is 0 Å². The Kier molecular flexibility index (Phi) is 3.34. The topological polar surface area (TPSA) is 78.2 Å². The zero-order chi connectivity index (χ0) is 14.9. The predicted octanol–water partition coefficient (Wildman–Crippen LogP) is -0.376. The normalized spacial score (nSPS) is 16.2. The number of hydrogen-bond acceptors (Lipinski definition) is 4. The van der Waals surface area contributed by atoms with Crippen molar-refractivity contribution in [3.05, 3.63) is 52.7 Å². The number of nitrogens with one attached hydrogen (secondary N) is 1. The number of rotatable bonds is 4. The highest BCUT2D eigenvalue weighted by Gasteiger charge is 2.41. The third kappa shape index (κ3) is 2.47. The van der Waals surface area contributed by atoms with E-state index in [-0.39, 0.29) is 18.1 Å². The molecular formula is C14H16N4O3. The van der Waals surface area contributed by atoms with Crippen LogP contribution in [0.15, 0.2) is 41.5 Å². The molecule has 21 heavy (non-hydrogen) atoms. The van der Waals surface area contributed by atoms with E-state index in [9.17, 15) is 9.59 Å². The summed E-state index contributed by atoms with van der Waals surface area (Å²) in [6, 6.07) is 9.67. The summed E-state index contributed by atoms with van der Waals surface area (Å²) in [7, 11) is 1.59. The lowest BCUT2D eigenvalue weighted by Crippen LogP contribution is -2.60. The van der Waals surface area contributed by atoms with Gasteiger partial charge in [0.2, 0.25) is 5.91 Å². The number of nitrogens with zero attached hydrogens (tertiary/aromatic N) is 3. The molecule has 1 N–H and O–H groups in total. The second kappa shape index (κ2) is 5.17. The summed E-state index contributed by atoms with van der Waals surface area (Å²) in [4.78, 5) is 23.9. The molecule has 0 aliphatic carbocycles. The molecule has 2 heterocycles. The fourth-order valence-electron chi connectivity index (χ4n) is 2.35. The number of amides is 1. The summed E-state index contributed by atoms with van der Waals surface area (Å²) in [5.41, 5.74) is 0.179. The molecule has 0 atom stereocenters. The first-order chi connectivity index (χ1) is 10.1. The van der Waals surface area contributed by atoms with Gasteiger partial charge < -0.3 is 10.1 Å². The highest BCUT2D eigenvalue weighted by Crippen LogP contribution is 2.29. The third-order valence-electron chi connectivity index (χ3n) is 3.58. The largest absolute Gasteiger partial charge is 0.376 e. The second-order valence-electron chi connectivity index (χ2n) is 5.17. The predicted molar refractivity (Wildman–Crippen MR) is 74.5 cm³/mol. The van der Waals surface area contributed by atoms with Crippen LogP contribution in [0.25, 0.3) is 0 Å². The van der Waals surface area contributed by atoms with Crippen LogP contribution >= 0.6 is 0 Å². The zero-order valence-corrected chi connectivity index (χ0v) is 11.7. The summed E-state index contributed by atoms with van der Waals surface area (Å²) in [5.74, 6) is -0.261. The maximum Gasteiger partial charge on any atom is 0.345 e. The monoisotopic (exact) mass is 288 g/mol. The van der Waals surface area contributed by atoms with E-state index in [1.807, 2.05) is 30.3 Å². The Hall–Kier alpha value is -2.41. The van der Waals surface area contributed by atoms with E-state index in [1.165, 1.54) is 10.9 Å². The Morgan fingerprint density at radius 2 is 2.10 bits per heavy atom. The maximum absolute atomic E-state index is 12.2. The Morgan fingerprint density at radius 1 is 1.38 bits per heavy atom. The number of hydrogen-bond donors (Lipinski definition) is 1. The van der Waals surface area contributed by atoms with Gasteiger partial charge in [-0.25, -0.2) is 9.48 Å². The van der Waals surface area contributed by atoms with E-state index in [2.05, 4.69) is 10.4 Å². The molecule has 7 nitrogen and oxygen atoms in total. The van der Waals surface area contributed by atoms with E-state index in [0.29, 0.717) is 13.2 Å². The van der Waals surface area contributed by atoms with Crippen molar-refractivity contribution in [3.63, 3.8) is 0 Å². The molecule has 1 fully saturated rings. The SMILES string of the molecule is Cn1cnn(CC(=O)NC2(c3ccccc3)COC2)c1=O. The minimum absolute atomic E-state index is 0.103. The van der Waals surface area contributed by atoms with Crippen molar-refractivity contribution in [1.29, 1.82) is 0 Å². The van der Waals surface area contributed by atoms with Crippen LogP contribution in [0, 0.1) is 0 Å². The molecule has 1 saturated heterocycles. The molecule has 1 aliphatic rings. The van der Waals surface area contributed by atoms with Crippen LogP contribution in [0.2, 0.25) is 0 Å². The van der Waals surface area contributed by atoms with Gasteiger partial charge in [0.25, 0.3) is 0 Å². The Bertz CT molecular complexity index is 701. The first-order valence-electron chi connectivity index (χ1n) is 6.63. The first-order valence-corrected chi connectivity index (χ1v) is 6.63. The number of benzene rings is 1.